The molecule has 2 aliphatic rings. The van der Waals surface area contributed by atoms with Crippen molar-refractivity contribution in [3.8, 4) is 5.88 Å². The molecule has 2 aliphatic heterocycles. The van der Waals surface area contributed by atoms with E-state index in [-0.39, 0.29) is 35.1 Å². The van der Waals surface area contributed by atoms with E-state index in [0.717, 1.165) is 0 Å². The van der Waals surface area contributed by atoms with Gasteiger partial charge in [-0.1, -0.05) is 0 Å². The van der Waals surface area contributed by atoms with Gasteiger partial charge in [0.25, 0.3) is 11.8 Å². The molecule has 1 N–H and O–H groups in total. The van der Waals surface area contributed by atoms with Crippen LogP contribution in [0.1, 0.15) is 46.6 Å². The molecule has 2 aromatic heterocycles. The van der Waals surface area contributed by atoms with Gasteiger partial charge in [-0.05, 0) is 43.0 Å². The van der Waals surface area contributed by atoms with Crippen LogP contribution in [-0.4, -0.2) is 63.0 Å². The van der Waals surface area contributed by atoms with Crippen molar-refractivity contribution in [1.82, 2.24) is 15.5 Å². The maximum absolute atomic E-state index is 13.1. The molecule has 2 saturated heterocycles. The largest absolute Gasteiger partial charge is 0.479 e. The van der Waals surface area contributed by atoms with E-state index < -0.39 is 21.2 Å². The first-order chi connectivity index (χ1) is 14.9. The van der Waals surface area contributed by atoms with Crippen molar-refractivity contribution in [2.75, 3.05) is 25.2 Å². The molecule has 11 heteroatoms. The first-order valence-corrected chi connectivity index (χ1v) is 11.9. The number of carbonyl (C=O) groups is 2. The average Bonchev–Trinajstić information content (AvgIpc) is 3.27. The number of hydrogen-bond acceptors (Lipinski definition) is 8. The van der Waals surface area contributed by atoms with Gasteiger partial charge in [-0.3, -0.25) is 14.6 Å². The number of hydrogen-bond donors (Lipinski definition) is 1. The van der Waals surface area contributed by atoms with E-state index in [1.165, 1.54) is 19.4 Å². The Morgan fingerprint density at radius 1 is 1.35 bits per heavy atom. The first kappa shape index (κ1) is 21.4. The van der Waals surface area contributed by atoms with Crippen molar-refractivity contribution >= 4 is 21.5 Å². The fourth-order valence-electron chi connectivity index (χ4n) is 3.93. The van der Waals surface area contributed by atoms with Crippen molar-refractivity contribution < 1.29 is 27.8 Å². The molecule has 31 heavy (non-hydrogen) atoms. The first-order valence-electron chi connectivity index (χ1n) is 10.0. The number of rotatable bonds is 4. The molecule has 0 aliphatic carbocycles. The summed E-state index contributed by atoms with van der Waals surface area (Å²) in [7, 11) is -1.32. The van der Waals surface area contributed by atoms with Gasteiger partial charge >= 0.3 is 5.91 Å². The van der Waals surface area contributed by atoms with E-state index in [9.17, 15) is 13.8 Å². The van der Waals surface area contributed by atoms with Gasteiger partial charge in [0, 0.05) is 36.5 Å². The lowest BCUT2D eigenvalue weighted by Crippen LogP contribution is -2.51. The molecule has 1 unspecified atom stereocenters. The number of nitrogens with one attached hydrogen (secondary N) is 1. The van der Waals surface area contributed by atoms with Crippen LogP contribution in [0.15, 0.2) is 39.5 Å². The van der Waals surface area contributed by atoms with E-state index in [1.807, 2.05) is 0 Å². The third-order valence-corrected chi connectivity index (χ3v) is 7.85. The van der Waals surface area contributed by atoms with Gasteiger partial charge in [0.05, 0.1) is 34.1 Å². The highest BCUT2D eigenvalue weighted by Gasteiger charge is 2.42. The Hall–Kier alpha value is -2.79. The number of aromatic nitrogens is 2. The minimum Gasteiger partial charge on any atom is -0.479 e. The van der Waals surface area contributed by atoms with Gasteiger partial charge in [-0.25, -0.2) is 4.21 Å². The highest BCUT2D eigenvalue weighted by molar-refractivity contribution is 7.93. The maximum Gasteiger partial charge on any atom is 0.323 e. The molecule has 2 aromatic rings. The summed E-state index contributed by atoms with van der Waals surface area (Å²) in [6.07, 6.45) is 5.49. The number of pyridine rings is 1. The minimum absolute atomic E-state index is 0.0455. The number of ether oxygens (including phenoxy) is 2. The highest BCUT2D eigenvalue weighted by atomic mass is 32.2. The second-order valence-corrected chi connectivity index (χ2v) is 10.3. The SMILES string of the molecule is COc1cc(C(=O)N=S2(=O)CCC3(CC2)CC(NC(=O)c2cccnc2)CCO3)on1. The predicted octanol–water partition coefficient (Wildman–Crippen LogP) is 1.83. The summed E-state index contributed by atoms with van der Waals surface area (Å²) in [5.41, 5.74) is 0.0381. The third kappa shape index (κ3) is 4.93. The van der Waals surface area contributed by atoms with Crippen molar-refractivity contribution in [2.24, 2.45) is 4.36 Å². The zero-order valence-corrected chi connectivity index (χ0v) is 17.9. The Balaban J connectivity index is 1.39. The molecule has 0 aromatic carbocycles. The fourth-order valence-corrected chi connectivity index (χ4v) is 6.09. The van der Waals surface area contributed by atoms with E-state index >= 15 is 0 Å². The summed E-state index contributed by atoms with van der Waals surface area (Å²) in [4.78, 5) is 28.7. The minimum atomic E-state index is -2.72. The number of methoxy groups -OCH3 is 1. The van der Waals surface area contributed by atoms with Crippen molar-refractivity contribution in [2.45, 2.75) is 37.3 Å². The molecule has 1 atom stereocenters. The smallest absolute Gasteiger partial charge is 0.323 e. The van der Waals surface area contributed by atoms with Crippen molar-refractivity contribution in [3.05, 3.63) is 41.9 Å². The van der Waals surface area contributed by atoms with Crippen LogP contribution in [0.4, 0.5) is 0 Å². The third-order valence-electron chi connectivity index (χ3n) is 5.66. The number of carbonyl (C=O) groups excluding carboxylic acids is 2. The van der Waals surface area contributed by atoms with E-state index in [2.05, 4.69) is 19.8 Å². The van der Waals surface area contributed by atoms with Crippen LogP contribution in [0.25, 0.3) is 0 Å². The van der Waals surface area contributed by atoms with E-state index in [4.69, 9.17) is 14.0 Å². The Morgan fingerprint density at radius 2 is 2.16 bits per heavy atom. The normalized spacial score (nSPS) is 28.1. The van der Waals surface area contributed by atoms with Crippen LogP contribution >= 0.6 is 0 Å². The number of amides is 2. The molecule has 4 heterocycles. The molecule has 0 saturated carbocycles. The topological polar surface area (TPSA) is 133 Å². The summed E-state index contributed by atoms with van der Waals surface area (Å²) in [5, 5.41) is 6.61. The lowest BCUT2D eigenvalue weighted by molar-refractivity contribution is -0.0924. The van der Waals surface area contributed by atoms with Gasteiger partial charge in [0.15, 0.2) is 0 Å². The van der Waals surface area contributed by atoms with Crippen LogP contribution in [0.2, 0.25) is 0 Å². The maximum atomic E-state index is 13.1. The molecule has 166 valence electrons. The summed E-state index contributed by atoms with van der Waals surface area (Å²) in [6.45, 7) is 0.507. The van der Waals surface area contributed by atoms with Gasteiger partial charge < -0.3 is 19.3 Å². The molecule has 2 fully saturated rings. The van der Waals surface area contributed by atoms with Crippen LogP contribution in [0.5, 0.6) is 5.88 Å². The molecular formula is C20H24N4O6S. The lowest BCUT2D eigenvalue weighted by atomic mass is 9.85. The molecule has 4 rings (SSSR count). The lowest BCUT2D eigenvalue weighted by Gasteiger charge is -2.44. The Bertz CT molecular complexity index is 1060. The zero-order chi connectivity index (χ0) is 21.9. The highest BCUT2D eigenvalue weighted by Crippen LogP contribution is 2.36. The van der Waals surface area contributed by atoms with Crippen LogP contribution < -0.4 is 10.1 Å². The summed E-state index contributed by atoms with van der Waals surface area (Å²) in [5.74, 6) is -0.334. The zero-order valence-electron chi connectivity index (χ0n) is 17.1. The fraction of sp³-hybridized carbons (Fsp3) is 0.500. The Morgan fingerprint density at radius 3 is 2.84 bits per heavy atom. The van der Waals surface area contributed by atoms with Gasteiger partial charge in [-0.15, -0.1) is 0 Å². The van der Waals surface area contributed by atoms with Crippen molar-refractivity contribution in [1.29, 1.82) is 0 Å². The average molecular weight is 449 g/mol. The van der Waals surface area contributed by atoms with Crippen LogP contribution in [-0.2, 0) is 14.5 Å². The number of nitrogens with zero attached hydrogens (tertiary/aromatic N) is 3. The van der Waals surface area contributed by atoms with Gasteiger partial charge in [-0.2, -0.15) is 4.36 Å². The summed E-state index contributed by atoms with van der Waals surface area (Å²) in [6, 6.07) is 4.71. The monoisotopic (exact) mass is 448 g/mol. The van der Waals surface area contributed by atoms with E-state index in [0.29, 0.717) is 37.9 Å². The molecule has 0 radical (unpaired) electrons. The predicted molar refractivity (Wildman–Crippen MR) is 110 cm³/mol. The van der Waals surface area contributed by atoms with Gasteiger partial charge in [0.2, 0.25) is 5.76 Å². The molecular weight excluding hydrogens is 424 g/mol. The van der Waals surface area contributed by atoms with Crippen LogP contribution in [0, 0.1) is 0 Å². The second kappa shape index (κ2) is 8.75. The Kier molecular flexibility index (Phi) is 6.05. The van der Waals surface area contributed by atoms with Crippen LogP contribution in [0.3, 0.4) is 0 Å². The van der Waals surface area contributed by atoms with E-state index in [1.54, 1.807) is 18.3 Å². The molecule has 10 nitrogen and oxygen atoms in total. The molecule has 2 amide bonds. The molecule has 0 bridgehead atoms. The summed E-state index contributed by atoms with van der Waals surface area (Å²) < 4.78 is 32.9. The summed E-state index contributed by atoms with van der Waals surface area (Å²) >= 11 is 0. The Labute approximate surface area is 179 Å². The quantitative estimate of drug-likeness (QED) is 0.749. The standard InChI is InChI=1S/C20H24N4O6S/c1-28-17-11-16(30-23-17)19(26)24-31(27)9-5-20(6-10-31)12-15(4-8-29-20)22-18(25)14-3-2-7-21-13-14/h2-3,7,11,13,15H,4-6,8-10,12H2,1H3,(H,22,25). The van der Waals surface area contributed by atoms with Gasteiger partial charge in [0.1, 0.15) is 0 Å². The van der Waals surface area contributed by atoms with Crippen molar-refractivity contribution in [3.63, 3.8) is 0 Å². The second-order valence-electron chi connectivity index (χ2n) is 7.75. The molecule has 1 spiro atoms.